The molecule has 0 atom stereocenters. The van der Waals surface area contributed by atoms with Crippen LogP contribution in [0.4, 0.5) is 0 Å². The van der Waals surface area contributed by atoms with Gasteiger partial charge in [-0.2, -0.15) is 0 Å². The molecular formula is C22H23NO3. The highest BCUT2D eigenvalue weighted by atomic mass is 16.4. The third-order valence-corrected chi connectivity index (χ3v) is 4.89. The number of carbonyl (C=O) groups is 1. The Morgan fingerprint density at radius 3 is 2.23 bits per heavy atom. The first-order valence-electron chi connectivity index (χ1n) is 8.92. The molecule has 1 aromatic heterocycles. The molecule has 0 fully saturated rings. The molecule has 2 aromatic carbocycles. The highest BCUT2D eigenvalue weighted by Crippen LogP contribution is 2.32. The SMILES string of the molecule is CCCCn1c(C(=O)O)c(-c2ccccc2)c2cc(C)c(C)cc2c1=O. The van der Waals surface area contributed by atoms with Gasteiger partial charge in [0, 0.05) is 17.5 Å². The Morgan fingerprint density at radius 2 is 1.65 bits per heavy atom. The van der Waals surface area contributed by atoms with Gasteiger partial charge in [-0.1, -0.05) is 49.7 Å². The van der Waals surface area contributed by atoms with Crippen LogP contribution in [0.5, 0.6) is 0 Å². The summed E-state index contributed by atoms with van der Waals surface area (Å²) in [6.45, 7) is 6.38. The van der Waals surface area contributed by atoms with Crippen LogP contribution in [-0.4, -0.2) is 15.6 Å². The summed E-state index contributed by atoms with van der Waals surface area (Å²) in [6.07, 6.45) is 1.64. The minimum absolute atomic E-state index is 0.0744. The molecule has 26 heavy (non-hydrogen) atoms. The lowest BCUT2D eigenvalue weighted by Crippen LogP contribution is -2.27. The van der Waals surface area contributed by atoms with Gasteiger partial charge in [0.15, 0.2) is 0 Å². The summed E-state index contributed by atoms with van der Waals surface area (Å²) in [4.78, 5) is 25.3. The van der Waals surface area contributed by atoms with Gasteiger partial charge in [-0.25, -0.2) is 4.79 Å². The van der Waals surface area contributed by atoms with Crippen LogP contribution in [0.1, 0.15) is 41.4 Å². The van der Waals surface area contributed by atoms with E-state index in [1.54, 1.807) is 0 Å². The number of carboxylic acids is 1. The summed E-state index contributed by atoms with van der Waals surface area (Å²) in [5.74, 6) is -1.07. The van der Waals surface area contributed by atoms with E-state index in [1.807, 2.05) is 63.2 Å². The molecule has 0 saturated carbocycles. The molecule has 3 rings (SSSR count). The number of pyridine rings is 1. The molecule has 0 aliphatic rings. The largest absolute Gasteiger partial charge is 0.477 e. The van der Waals surface area contributed by atoms with Gasteiger partial charge < -0.3 is 9.67 Å². The van der Waals surface area contributed by atoms with E-state index >= 15 is 0 Å². The van der Waals surface area contributed by atoms with Crippen molar-refractivity contribution in [3.8, 4) is 11.1 Å². The van der Waals surface area contributed by atoms with E-state index in [-0.39, 0.29) is 11.3 Å². The predicted octanol–water partition coefficient (Wildman–Crippen LogP) is 4.78. The Hall–Kier alpha value is -2.88. The molecule has 0 amide bonds. The molecule has 0 unspecified atom stereocenters. The van der Waals surface area contributed by atoms with Crippen molar-refractivity contribution in [2.75, 3.05) is 0 Å². The zero-order valence-electron chi connectivity index (χ0n) is 15.4. The molecule has 0 radical (unpaired) electrons. The van der Waals surface area contributed by atoms with Crippen molar-refractivity contribution < 1.29 is 9.90 Å². The molecule has 134 valence electrons. The first-order valence-corrected chi connectivity index (χ1v) is 8.92. The van der Waals surface area contributed by atoms with Gasteiger partial charge in [-0.05, 0) is 48.4 Å². The van der Waals surface area contributed by atoms with Crippen LogP contribution < -0.4 is 5.56 Å². The quantitative estimate of drug-likeness (QED) is 0.721. The van der Waals surface area contributed by atoms with Crippen molar-refractivity contribution in [2.24, 2.45) is 0 Å². The molecule has 0 aliphatic carbocycles. The number of fused-ring (bicyclic) bond motifs is 1. The van der Waals surface area contributed by atoms with E-state index in [0.29, 0.717) is 22.9 Å². The fourth-order valence-electron chi connectivity index (χ4n) is 3.36. The maximum atomic E-state index is 13.1. The zero-order valence-corrected chi connectivity index (χ0v) is 15.4. The number of aromatic carboxylic acids is 1. The van der Waals surface area contributed by atoms with Crippen LogP contribution in [0.2, 0.25) is 0 Å². The minimum atomic E-state index is -1.07. The van der Waals surface area contributed by atoms with Gasteiger partial charge in [-0.3, -0.25) is 4.79 Å². The Balaban J connectivity index is 2.53. The monoisotopic (exact) mass is 349 g/mol. The lowest BCUT2D eigenvalue weighted by atomic mass is 9.94. The summed E-state index contributed by atoms with van der Waals surface area (Å²) in [5.41, 5.74) is 3.34. The molecular weight excluding hydrogens is 326 g/mol. The fourth-order valence-corrected chi connectivity index (χ4v) is 3.36. The van der Waals surface area contributed by atoms with Gasteiger partial charge in [0.25, 0.3) is 5.56 Å². The molecule has 1 N–H and O–H groups in total. The number of unbranched alkanes of at least 4 members (excludes halogenated alkanes) is 1. The lowest BCUT2D eigenvalue weighted by molar-refractivity contribution is 0.0684. The number of benzene rings is 2. The summed E-state index contributed by atoms with van der Waals surface area (Å²) >= 11 is 0. The first-order chi connectivity index (χ1) is 12.5. The number of hydrogen-bond donors (Lipinski definition) is 1. The average Bonchev–Trinajstić information content (AvgIpc) is 2.63. The normalized spacial score (nSPS) is 11.0. The average molecular weight is 349 g/mol. The Bertz CT molecular complexity index is 1030. The zero-order chi connectivity index (χ0) is 18.8. The molecule has 0 bridgehead atoms. The van der Waals surface area contributed by atoms with Crippen molar-refractivity contribution in [1.82, 2.24) is 4.57 Å². The van der Waals surface area contributed by atoms with Crippen molar-refractivity contribution in [2.45, 2.75) is 40.2 Å². The van der Waals surface area contributed by atoms with E-state index in [1.165, 1.54) is 4.57 Å². The van der Waals surface area contributed by atoms with Crippen molar-refractivity contribution >= 4 is 16.7 Å². The van der Waals surface area contributed by atoms with Crippen LogP contribution in [0.3, 0.4) is 0 Å². The van der Waals surface area contributed by atoms with Gasteiger partial charge >= 0.3 is 5.97 Å². The third kappa shape index (κ3) is 3.03. The number of nitrogens with zero attached hydrogens (tertiary/aromatic N) is 1. The summed E-state index contributed by atoms with van der Waals surface area (Å²) in [5, 5.41) is 11.2. The van der Waals surface area contributed by atoms with Crippen LogP contribution in [-0.2, 0) is 6.54 Å². The van der Waals surface area contributed by atoms with Gasteiger partial charge in [0.2, 0.25) is 0 Å². The van der Waals surface area contributed by atoms with E-state index < -0.39 is 5.97 Å². The molecule has 0 saturated heterocycles. The number of hydrogen-bond acceptors (Lipinski definition) is 2. The standard InChI is InChI=1S/C22H23NO3/c1-4-5-11-23-20(22(25)26)19(16-9-7-6-8-10-16)17-12-14(2)15(3)13-18(17)21(23)24/h6-10,12-13H,4-5,11H2,1-3H3,(H,25,26). The Labute approximate surface area is 152 Å². The maximum absolute atomic E-state index is 13.1. The van der Waals surface area contributed by atoms with Crippen molar-refractivity contribution in [3.05, 3.63) is 69.6 Å². The molecule has 4 heteroatoms. The Morgan fingerprint density at radius 1 is 1.04 bits per heavy atom. The molecule has 0 aliphatic heterocycles. The van der Waals surface area contributed by atoms with E-state index in [2.05, 4.69) is 0 Å². The summed E-state index contributed by atoms with van der Waals surface area (Å²) < 4.78 is 1.44. The second kappa shape index (κ2) is 7.16. The van der Waals surface area contributed by atoms with Crippen LogP contribution >= 0.6 is 0 Å². The second-order valence-electron chi connectivity index (χ2n) is 6.69. The number of carboxylic acid groups (broad SMARTS) is 1. The fraction of sp³-hybridized carbons (Fsp3) is 0.273. The highest BCUT2D eigenvalue weighted by Gasteiger charge is 2.23. The van der Waals surface area contributed by atoms with E-state index in [9.17, 15) is 14.7 Å². The topological polar surface area (TPSA) is 59.3 Å². The first kappa shape index (κ1) is 17.9. The minimum Gasteiger partial charge on any atom is -0.477 e. The summed E-state index contributed by atoms with van der Waals surface area (Å²) in [7, 11) is 0. The number of aromatic nitrogens is 1. The third-order valence-electron chi connectivity index (χ3n) is 4.89. The number of aryl methyl sites for hydroxylation is 2. The Kier molecular flexibility index (Phi) is 4.94. The van der Waals surface area contributed by atoms with Crippen LogP contribution in [0, 0.1) is 13.8 Å². The summed E-state index contributed by atoms with van der Waals surface area (Å²) in [6, 6.07) is 13.3. The van der Waals surface area contributed by atoms with Crippen LogP contribution in [0.15, 0.2) is 47.3 Å². The molecule has 4 nitrogen and oxygen atoms in total. The van der Waals surface area contributed by atoms with Gasteiger partial charge in [0.05, 0.1) is 0 Å². The van der Waals surface area contributed by atoms with E-state index in [0.717, 1.165) is 29.5 Å². The lowest BCUT2D eigenvalue weighted by Gasteiger charge is -2.18. The molecule has 3 aromatic rings. The van der Waals surface area contributed by atoms with Crippen molar-refractivity contribution in [3.63, 3.8) is 0 Å². The smallest absolute Gasteiger partial charge is 0.353 e. The predicted molar refractivity (Wildman–Crippen MR) is 105 cm³/mol. The van der Waals surface area contributed by atoms with Gasteiger partial charge in [-0.15, -0.1) is 0 Å². The number of rotatable bonds is 5. The maximum Gasteiger partial charge on any atom is 0.353 e. The second-order valence-corrected chi connectivity index (χ2v) is 6.69. The van der Waals surface area contributed by atoms with Crippen molar-refractivity contribution in [1.29, 1.82) is 0 Å². The van der Waals surface area contributed by atoms with Gasteiger partial charge in [0.1, 0.15) is 5.69 Å². The highest BCUT2D eigenvalue weighted by molar-refractivity contribution is 6.06. The molecule has 1 heterocycles. The van der Waals surface area contributed by atoms with E-state index in [4.69, 9.17) is 0 Å². The molecule has 0 spiro atoms. The van der Waals surface area contributed by atoms with Crippen LogP contribution in [0.25, 0.3) is 21.9 Å².